The number of hydrogen-bond acceptors (Lipinski definition) is 5. The molecule has 3 heterocycles. The van der Waals surface area contributed by atoms with Crippen LogP contribution in [0.15, 0.2) is 76.5 Å². The highest BCUT2D eigenvalue weighted by Gasteiger charge is 2.20. The van der Waals surface area contributed by atoms with Crippen molar-refractivity contribution in [2.24, 2.45) is 4.99 Å². The molecule has 2 aromatic heterocycles. The molecule has 1 aromatic carbocycles. The number of nitrogens with one attached hydrogen (secondary N) is 1. The third-order valence-electron chi connectivity index (χ3n) is 5.77. The molecule has 1 fully saturated rings. The van der Waals surface area contributed by atoms with E-state index in [4.69, 9.17) is 4.42 Å². The molecule has 4 rings (SSSR count). The lowest BCUT2D eigenvalue weighted by Crippen LogP contribution is -2.52. The number of pyridine rings is 1. The number of furan rings is 1. The van der Waals surface area contributed by atoms with Gasteiger partial charge in [-0.3, -0.25) is 9.89 Å². The van der Waals surface area contributed by atoms with Gasteiger partial charge in [0, 0.05) is 52.5 Å². The fourth-order valence-electron chi connectivity index (χ4n) is 4.09. The summed E-state index contributed by atoms with van der Waals surface area (Å²) in [5.74, 6) is 2.97. The number of aliphatic imine (C=N–C) groups is 1. The molecule has 0 bridgehead atoms. The SMILES string of the molecule is CN=C(NCc1ccccc1CN(C)Cc1ccco1)N1CCN(c2ccccn2)CC1. The maximum absolute atomic E-state index is 5.49. The molecule has 1 aliphatic rings. The van der Waals surface area contributed by atoms with Crippen LogP contribution >= 0.6 is 0 Å². The van der Waals surface area contributed by atoms with E-state index in [9.17, 15) is 0 Å². The van der Waals surface area contributed by atoms with Gasteiger partial charge >= 0.3 is 0 Å². The number of hydrogen-bond donors (Lipinski definition) is 1. The summed E-state index contributed by atoms with van der Waals surface area (Å²) >= 11 is 0. The normalized spacial score (nSPS) is 14.8. The molecule has 0 radical (unpaired) electrons. The van der Waals surface area contributed by atoms with E-state index in [1.165, 1.54) is 11.1 Å². The lowest BCUT2D eigenvalue weighted by atomic mass is 10.1. The number of guanidine groups is 1. The van der Waals surface area contributed by atoms with Gasteiger partial charge in [0.05, 0.1) is 12.8 Å². The largest absolute Gasteiger partial charge is 0.468 e. The summed E-state index contributed by atoms with van der Waals surface area (Å²) in [5, 5.41) is 3.57. The Kier molecular flexibility index (Phi) is 7.40. The van der Waals surface area contributed by atoms with E-state index in [0.29, 0.717) is 0 Å². The number of aromatic nitrogens is 1. The molecule has 0 saturated carbocycles. The summed E-state index contributed by atoms with van der Waals surface area (Å²) in [4.78, 5) is 15.9. The van der Waals surface area contributed by atoms with Crippen LogP contribution in [-0.2, 0) is 19.6 Å². The zero-order valence-electron chi connectivity index (χ0n) is 18.9. The summed E-state index contributed by atoms with van der Waals surface area (Å²) in [6.07, 6.45) is 3.58. The summed E-state index contributed by atoms with van der Waals surface area (Å²) < 4.78 is 5.49. The summed E-state index contributed by atoms with van der Waals surface area (Å²) in [6.45, 7) is 6.11. The van der Waals surface area contributed by atoms with Crippen molar-refractivity contribution in [1.82, 2.24) is 20.1 Å². The molecule has 0 amide bonds. The fourth-order valence-corrected chi connectivity index (χ4v) is 4.09. The number of benzene rings is 1. The Bertz CT molecular complexity index is 981. The predicted molar refractivity (Wildman–Crippen MR) is 129 cm³/mol. The number of anilines is 1. The van der Waals surface area contributed by atoms with Crippen LogP contribution in [-0.4, -0.2) is 61.0 Å². The first-order valence-corrected chi connectivity index (χ1v) is 11.1. The van der Waals surface area contributed by atoms with Gasteiger partial charge in [0.1, 0.15) is 11.6 Å². The van der Waals surface area contributed by atoms with E-state index in [2.05, 4.69) is 67.4 Å². The molecule has 7 nitrogen and oxygen atoms in total. The fraction of sp³-hybridized carbons (Fsp3) is 0.360. The molecule has 3 aromatic rings. The van der Waals surface area contributed by atoms with Crippen LogP contribution in [0.4, 0.5) is 5.82 Å². The van der Waals surface area contributed by atoms with E-state index < -0.39 is 0 Å². The first-order chi connectivity index (χ1) is 15.7. The Morgan fingerprint density at radius 3 is 2.47 bits per heavy atom. The van der Waals surface area contributed by atoms with Crippen molar-refractivity contribution < 1.29 is 4.42 Å². The summed E-state index contributed by atoms with van der Waals surface area (Å²) in [6, 6.07) is 18.6. The van der Waals surface area contributed by atoms with E-state index in [-0.39, 0.29) is 0 Å². The molecule has 0 spiro atoms. The van der Waals surface area contributed by atoms with Crippen LogP contribution in [0.3, 0.4) is 0 Å². The smallest absolute Gasteiger partial charge is 0.194 e. The highest BCUT2D eigenvalue weighted by molar-refractivity contribution is 5.80. The van der Waals surface area contributed by atoms with E-state index in [0.717, 1.165) is 63.4 Å². The Balaban J connectivity index is 1.32. The molecule has 1 saturated heterocycles. The highest BCUT2D eigenvalue weighted by Crippen LogP contribution is 2.15. The van der Waals surface area contributed by atoms with Gasteiger partial charge < -0.3 is 19.5 Å². The zero-order valence-corrected chi connectivity index (χ0v) is 18.9. The summed E-state index contributed by atoms with van der Waals surface area (Å²) in [5.41, 5.74) is 2.59. The van der Waals surface area contributed by atoms with Crippen molar-refractivity contribution in [2.45, 2.75) is 19.6 Å². The Morgan fingerprint density at radius 2 is 1.78 bits per heavy atom. The Hall–Kier alpha value is -3.32. The van der Waals surface area contributed by atoms with Gasteiger partial charge in [-0.1, -0.05) is 30.3 Å². The summed E-state index contributed by atoms with van der Waals surface area (Å²) in [7, 11) is 3.98. The van der Waals surface area contributed by atoms with Crippen LogP contribution in [0.5, 0.6) is 0 Å². The minimum atomic E-state index is 0.748. The third-order valence-corrected chi connectivity index (χ3v) is 5.77. The van der Waals surface area contributed by atoms with Crippen molar-refractivity contribution in [3.63, 3.8) is 0 Å². The minimum Gasteiger partial charge on any atom is -0.468 e. The van der Waals surface area contributed by atoms with Gasteiger partial charge in [0.25, 0.3) is 0 Å². The van der Waals surface area contributed by atoms with Gasteiger partial charge in [-0.25, -0.2) is 4.98 Å². The molecule has 7 heteroatoms. The van der Waals surface area contributed by atoms with Gasteiger partial charge in [-0.15, -0.1) is 0 Å². The molecule has 1 aliphatic heterocycles. The quantitative estimate of drug-likeness (QED) is 0.457. The second-order valence-electron chi connectivity index (χ2n) is 8.08. The second kappa shape index (κ2) is 10.8. The number of rotatable bonds is 7. The van der Waals surface area contributed by atoms with Gasteiger partial charge in [-0.05, 0) is 42.4 Å². The number of nitrogens with zero attached hydrogens (tertiary/aromatic N) is 5. The molecule has 1 N–H and O–H groups in total. The van der Waals surface area contributed by atoms with E-state index in [1.54, 1.807) is 6.26 Å². The maximum atomic E-state index is 5.49. The Morgan fingerprint density at radius 1 is 1.00 bits per heavy atom. The first kappa shape index (κ1) is 21.9. The average molecular weight is 433 g/mol. The third kappa shape index (κ3) is 5.68. The van der Waals surface area contributed by atoms with Crippen LogP contribution in [0, 0.1) is 0 Å². The molecule has 0 aliphatic carbocycles. The van der Waals surface area contributed by atoms with Gasteiger partial charge in [0.15, 0.2) is 5.96 Å². The van der Waals surface area contributed by atoms with E-state index >= 15 is 0 Å². The van der Waals surface area contributed by atoms with E-state index in [1.807, 2.05) is 37.5 Å². The van der Waals surface area contributed by atoms with Crippen molar-refractivity contribution in [1.29, 1.82) is 0 Å². The molecular formula is C25H32N6O. The monoisotopic (exact) mass is 432 g/mol. The topological polar surface area (TPSA) is 60.1 Å². The van der Waals surface area contributed by atoms with Crippen LogP contribution < -0.4 is 10.2 Å². The predicted octanol–water partition coefficient (Wildman–Crippen LogP) is 3.20. The van der Waals surface area contributed by atoms with Crippen LogP contribution in [0.1, 0.15) is 16.9 Å². The Labute approximate surface area is 190 Å². The average Bonchev–Trinajstić information content (AvgIpc) is 3.34. The van der Waals surface area contributed by atoms with Crippen molar-refractivity contribution in [3.05, 3.63) is 83.9 Å². The maximum Gasteiger partial charge on any atom is 0.194 e. The zero-order chi connectivity index (χ0) is 22.2. The molecule has 0 atom stereocenters. The lowest BCUT2D eigenvalue weighted by Gasteiger charge is -2.37. The molecule has 168 valence electrons. The highest BCUT2D eigenvalue weighted by atomic mass is 16.3. The molecule has 0 unspecified atom stereocenters. The molecular weight excluding hydrogens is 400 g/mol. The lowest BCUT2D eigenvalue weighted by molar-refractivity contribution is 0.287. The van der Waals surface area contributed by atoms with Crippen LogP contribution in [0.25, 0.3) is 0 Å². The van der Waals surface area contributed by atoms with Crippen molar-refractivity contribution >= 4 is 11.8 Å². The number of piperazine rings is 1. The van der Waals surface area contributed by atoms with Gasteiger partial charge in [-0.2, -0.15) is 0 Å². The van der Waals surface area contributed by atoms with Gasteiger partial charge in [0.2, 0.25) is 0 Å². The molecule has 32 heavy (non-hydrogen) atoms. The minimum absolute atomic E-state index is 0.748. The van der Waals surface area contributed by atoms with Crippen molar-refractivity contribution in [2.75, 3.05) is 45.2 Å². The first-order valence-electron chi connectivity index (χ1n) is 11.1. The standard InChI is InChI=1S/C25H32N6O/c1-26-25(31-15-13-30(14-16-31)24-11-5-6-12-27-24)28-18-21-8-3-4-9-22(21)19-29(2)20-23-10-7-17-32-23/h3-12,17H,13-16,18-20H2,1-2H3,(H,26,28). The second-order valence-corrected chi connectivity index (χ2v) is 8.08. The van der Waals surface area contributed by atoms with Crippen LogP contribution in [0.2, 0.25) is 0 Å². The van der Waals surface area contributed by atoms with Crippen molar-refractivity contribution in [3.8, 4) is 0 Å².